The zero-order valence-electron chi connectivity index (χ0n) is 10.5. The van der Waals surface area contributed by atoms with E-state index in [4.69, 9.17) is 0 Å². The van der Waals surface area contributed by atoms with E-state index >= 15 is 0 Å². The lowest BCUT2D eigenvalue weighted by molar-refractivity contribution is 0.888. The van der Waals surface area contributed by atoms with Gasteiger partial charge in [0.05, 0.1) is 5.56 Å². The first-order valence-corrected chi connectivity index (χ1v) is 5.93. The number of hydrogen-bond acceptors (Lipinski definition) is 3. The maximum atomic E-state index is 9.17. The summed E-state index contributed by atoms with van der Waals surface area (Å²) in [5.41, 5.74) is 2.60. The molecule has 90 valence electrons. The van der Waals surface area contributed by atoms with Crippen molar-refractivity contribution in [2.75, 3.05) is 5.32 Å². The average molecular weight is 237 g/mol. The van der Waals surface area contributed by atoms with Crippen LogP contribution in [-0.4, -0.2) is 11.0 Å². The van der Waals surface area contributed by atoms with Gasteiger partial charge in [0.25, 0.3) is 0 Å². The largest absolute Gasteiger partial charge is 0.367 e. The lowest BCUT2D eigenvalue weighted by atomic mass is 10.1. The molecule has 0 atom stereocenters. The number of nitrogens with one attached hydrogen (secondary N) is 1. The Bertz CT molecular complexity index is 568. The summed E-state index contributed by atoms with van der Waals surface area (Å²) >= 11 is 0. The fraction of sp³-hybridized carbons (Fsp3) is 0.200. The van der Waals surface area contributed by atoms with Gasteiger partial charge in [-0.25, -0.2) is 4.98 Å². The number of aromatic nitrogens is 1. The third kappa shape index (κ3) is 2.67. The van der Waals surface area contributed by atoms with E-state index < -0.39 is 0 Å². The first-order chi connectivity index (χ1) is 8.70. The second-order valence-corrected chi connectivity index (χ2v) is 4.40. The number of hydrogen-bond donors (Lipinski definition) is 1. The highest BCUT2D eigenvalue weighted by molar-refractivity contribution is 5.67. The first-order valence-electron chi connectivity index (χ1n) is 5.93. The molecular weight excluding hydrogens is 222 g/mol. The van der Waals surface area contributed by atoms with Crippen molar-refractivity contribution < 1.29 is 0 Å². The molecule has 0 fully saturated rings. The van der Waals surface area contributed by atoms with Gasteiger partial charge < -0.3 is 5.32 Å². The van der Waals surface area contributed by atoms with Crippen LogP contribution in [0.3, 0.4) is 0 Å². The molecule has 0 saturated carbocycles. The molecular formula is C15H15N3. The Balaban J connectivity index is 2.40. The molecule has 0 aliphatic rings. The molecule has 0 saturated heterocycles. The van der Waals surface area contributed by atoms with E-state index in [0.717, 1.165) is 11.1 Å². The molecule has 3 nitrogen and oxygen atoms in total. The SMILES string of the molecule is CC(C)Nc1ncc(-c2ccccc2)cc1C#N. The first kappa shape index (κ1) is 12.1. The fourth-order valence-electron chi connectivity index (χ4n) is 1.73. The molecule has 0 spiro atoms. The van der Waals surface area contributed by atoms with Crippen molar-refractivity contribution >= 4 is 5.82 Å². The Kier molecular flexibility index (Phi) is 3.59. The Labute approximate surface area is 107 Å². The van der Waals surface area contributed by atoms with Crippen LogP contribution < -0.4 is 5.32 Å². The monoisotopic (exact) mass is 237 g/mol. The predicted octanol–water partition coefficient (Wildman–Crippen LogP) is 3.44. The minimum absolute atomic E-state index is 0.257. The molecule has 0 bridgehead atoms. The Morgan fingerprint density at radius 1 is 1.17 bits per heavy atom. The number of nitriles is 1. The summed E-state index contributed by atoms with van der Waals surface area (Å²) < 4.78 is 0. The molecule has 1 N–H and O–H groups in total. The van der Waals surface area contributed by atoms with Crippen LogP contribution in [0.4, 0.5) is 5.82 Å². The summed E-state index contributed by atoms with van der Waals surface area (Å²) in [4.78, 5) is 4.33. The second kappa shape index (κ2) is 5.33. The van der Waals surface area contributed by atoms with E-state index in [-0.39, 0.29) is 6.04 Å². The second-order valence-electron chi connectivity index (χ2n) is 4.40. The molecule has 1 heterocycles. The van der Waals surface area contributed by atoms with Gasteiger partial charge in [-0.1, -0.05) is 30.3 Å². The van der Waals surface area contributed by atoms with Gasteiger partial charge in [-0.15, -0.1) is 0 Å². The number of nitrogens with zero attached hydrogens (tertiary/aromatic N) is 2. The number of pyridine rings is 1. The maximum Gasteiger partial charge on any atom is 0.144 e. The van der Waals surface area contributed by atoms with Crippen molar-refractivity contribution in [2.45, 2.75) is 19.9 Å². The zero-order chi connectivity index (χ0) is 13.0. The Morgan fingerprint density at radius 3 is 2.50 bits per heavy atom. The molecule has 0 amide bonds. The van der Waals surface area contributed by atoms with Gasteiger partial charge in [-0.2, -0.15) is 5.26 Å². The van der Waals surface area contributed by atoms with Gasteiger partial charge in [0, 0.05) is 17.8 Å². The topological polar surface area (TPSA) is 48.7 Å². The summed E-state index contributed by atoms with van der Waals surface area (Å²) in [6.07, 6.45) is 1.79. The summed E-state index contributed by atoms with van der Waals surface area (Å²) in [6, 6.07) is 14.2. The van der Waals surface area contributed by atoms with Gasteiger partial charge in [-0.05, 0) is 25.5 Å². The normalized spacial score (nSPS) is 10.1. The van der Waals surface area contributed by atoms with E-state index in [1.807, 2.05) is 50.2 Å². The van der Waals surface area contributed by atoms with Crippen LogP contribution in [-0.2, 0) is 0 Å². The minimum Gasteiger partial charge on any atom is -0.367 e. The molecule has 3 heteroatoms. The van der Waals surface area contributed by atoms with Crippen LogP contribution in [0.15, 0.2) is 42.6 Å². The van der Waals surface area contributed by atoms with Gasteiger partial charge in [0.2, 0.25) is 0 Å². The van der Waals surface area contributed by atoms with Crippen LogP contribution in [0.2, 0.25) is 0 Å². The molecule has 0 radical (unpaired) electrons. The molecule has 18 heavy (non-hydrogen) atoms. The van der Waals surface area contributed by atoms with Crippen LogP contribution in [0.1, 0.15) is 19.4 Å². The maximum absolute atomic E-state index is 9.17. The van der Waals surface area contributed by atoms with Crippen molar-refractivity contribution in [3.63, 3.8) is 0 Å². The van der Waals surface area contributed by atoms with E-state index in [1.54, 1.807) is 6.20 Å². The smallest absolute Gasteiger partial charge is 0.144 e. The predicted molar refractivity (Wildman–Crippen MR) is 73.1 cm³/mol. The van der Waals surface area contributed by atoms with Gasteiger partial charge in [-0.3, -0.25) is 0 Å². The van der Waals surface area contributed by atoms with Gasteiger partial charge in [0.15, 0.2) is 0 Å². The van der Waals surface area contributed by atoms with E-state index in [2.05, 4.69) is 16.4 Å². The average Bonchev–Trinajstić information content (AvgIpc) is 2.39. The minimum atomic E-state index is 0.257. The van der Waals surface area contributed by atoms with Gasteiger partial charge >= 0.3 is 0 Å². The molecule has 0 aliphatic carbocycles. The summed E-state index contributed by atoms with van der Waals surface area (Å²) in [7, 11) is 0. The lowest BCUT2D eigenvalue weighted by Crippen LogP contribution is -2.12. The van der Waals surface area contributed by atoms with Crippen molar-refractivity contribution in [2.24, 2.45) is 0 Å². The third-order valence-electron chi connectivity index (χ3n) is 2.54. The van der Waals surface area contributed by atoms with Crippen LogP contribution in [0.5, 0.6) is 0 Å². The molecule has 2 rings (SSSR count). The fourth-order valence-corrected chi connectivity index (χ4v) is 1.73. The quantitative estimate of drug-likeness (QED) is 0.889. The molecule has 1 aromatic carbocycles. The zero-order valence-corrected chi connectivity index (χ0v) is 10.5. The van der Waals surface area contributed by atoms with Crippen molar-refractivity contribution in [3.8, 4) is 17.2 Å². The van der Waals surface area contributed by atoms with Crippen LogP contribution in [0, 0.1) is 11.3 Å². The van der Waals surface area contributed by atoms with Crippen LogP contribution in [0.25, 0.3) is 11.1 Å². The molecule has 1 aromatic heterocycles. The molecule has 2 aromatic rings. The number of rotatable bonds is 3. The van der Waals surface area contributed by atoms with Crippen molar-refractivity contribution in [1.29, 1.82) is 5.26 Å². The standard InChI is InChI=1S/C15H15N3/c1-11(2)18-15-13(9-16)8-14(10-17-15)12-6-4-3-5-7-12/h3-8,10-11H,1-2H3,(H,17,18). The summed E-state index contributed by atoms with van der Waals surface area (Å²) in [5, 5.41) is 12.3. The third-order valence-corrected chi connectivity index (χ3v) is 2.54. The molecule has 0 aliphatic heterocycles. The Morgan fingerprint density at radius 2 is 1.89 bits per heavy atom. The van der Waals surface area contributed by atoms with Crippen molar-refractivity contribution in [1.82, 2.24) is 4.98 Å². The summed E-state index contributed by atoms with van der Waals surface area (Å²) in [6.45, 7) is 4.04. The number of anilines is 1. The highest BCUT2D eigenvalue weighted by Crippen LogP contribution is 2.22. The highest BCUT2D eigenvalue weighted by Gasteiger charge is 2.07. The molecule has 0 unspecified atom stereocenters. The number of benzene rings is 1. The van der Waals surface area contributed by atoms with Crippen LogP contribution >= 0.6 is 0 Å². The summed E-state index contributed by atoms with van der Waals surface area (Å²) in [5.74, 6) is 0.646. The van der Waals surface area contributed by atoms with E-state index in [9.17, 15) is 5.26 Å². The van der Waals surface area contributed by atoms with E-state index in [0.29, 0.717) is 11.4 Å². The highest BCUT2D eigenvalue weighted by atomic mass is 15.0. The van der Waals surface area contributed by atoms with Crippen molar-refractivity contribution in [3.05, 3.63) is 48.2 Å². The Hall–Kier alpha value is -2.34. The van der Waals surface area contributed by atoms with E-state index in [1.165, 1.54) is 0 Å². The van der Waals surface area contributed by atoms with Gasteiger partial charge in [0.1, 0.15) is 11.9 Å². The lowest BCUT2D eigenvalue weighted by Gasteiger charge is -2.11.